The summed E-state index contributed by atoms with van der Waals surface area (Å²) in [7, 11) is -2.02. The summed E-state index contributed by atoms with van der Waals surface area (Å²) in [5.41, 5.74) is 0.357. The zero-order valence-electron chi connectivity index (χ0n) is 10.2. The van der Waals surface area contributed by atoms with Gasteiger partial charge < -0.3 is 4.90 Å². The second-order valence-electron chi connectivity index (χ2n) is 4.57. The number of sulfonamides is 1. The molecule has 0 aliphatic heterocycles. The molecule has 1 amide bonds. The van der Waals surface area contributed by atoms with Crippen LogP contribution in [0.3, 0.4) is 0 Å². The van der Waals surface area contributed by atoms with Crippen LogP contribution in [0.15, 0.2) is 29.2 Å². The van der Waals surface area contributed by atoms with Crippen LogP contribution in [0.25, 0.3) is 0 Å². The Bertz CT molecular complexity index is 564. The number of nitrogens with two attached hydrogens (primary N) is 1. The Balaban J connectivity index is 2.25. The van der Waals surface area contributed by atoms with Gasteiger partial charge in [-0.1, -0.05) is 6.07 Å². The van der Waals surface area contributed by atoms with Crippen molar-refractivity contribution in [2.24, 2.45) is 5.14 Å². The Morgan fingerprint density at radius 1 is 1.39 bits per heavy atom. The smallest absolute Gasteiger partial charge is 0.253 e. The zero-order chi connectivity index (χ0) is 13.3. The summed E-state index contributed by atoms with van der Waals surface area (Å²) in [5, 5.41) is 5.05. The summed E-state index contributed by atoms with van der Waals surface area (Å²) in [6.07, 6.45) is 3.16. The van der Waals surface area contributed by atoms with E-state index in [1.165, 1.54) is 18.2 Å². The molecule has 0 saturated heterocycles. The summed E-state index contributed by atoms with van der Waals surface area (Å²) in [4.78, 5) is 13.8. The van der Waals surface area contributed by atoms with Crippen LogP contribution in [-0.4, -0.2) is 32.3 Å². The molecule has 98 valence electrons. The molecule has 0 aromatic heterocycles. The van der Waals surface area contributed by atoms with Gasteiger partial charge in [0, 0.05) is 18.7 Å². The Hall–Kier alpha value is -1.40. The molecule has 5 nitrogen and oxygen atoms in total. The van der Waals surface area contributed by atoms with Gasteiger partial charge in [0.05, 0.1) is 4.90 Å². The number of rotatable bonds is 3. The van der Waals surface area contributed by atoms with E-state index < -0.39 is 10.0 Å². The van der Waals surface area contributed by atoms with E-state index in [0.717, 1.165) is 19.3 Å². The fourth-order valence-corrected chi connectivity index (χ4v) is 2.51. The van der Waals surface area contributed by atoms with E-state index in [-0.39, 0.29) is 16.8 Å². The lowest BCUT2D eigenvalue weighted by molar-refractivity contribution is 0.0652. The van der Waals surface area contributed by atoms with Crippen molar-refractivity contribution in [1.29, 1.82) is 0 Å². The van der Waals surface area contributed by atoms with Crippen molar-refractivity contribution in [1.82, 2.24) is 4.90 Å². The van der Waals surface area contributed by atoms with Crippen molar-refractivity contribution in [3.8, 4) is 0 Å². The van der Waals surface area contributed by atoms with Crippen LogP contribution in [0, 0.1) is 0 Å². The molecule has 0 bridgehead atoms. The minimum Gasteiger partial charge on any atom is -0.339 e. The van der Waals surface area contributed by atoms with E-state index in [9.17, 15) is 13.2 Å². The topological polar surface area (TPSA) is 80.5 Å². The Kier molecular flexibility index (Phi) is 3.41. The molecular weight excluding hydrogens is 252 g/mol. The molecule has 0 heterocycles. The first kappa shape index (κ1) is 13.0. The van der Waals surface area contributed by atoms with Gasteiger partial charge in [0.1, 0.15) is 0 Å². The van der Waals surface area contributed by atoms with E-state index in [0.29, 0.717) is 5.56 Å². The molecule has 2 rings (SSSR count). The third kappa shape index (κ3) is 2.54. The van der Waals surface area contributed by atoms with Crippen LogP contribution in [0.2, 0.25) is 0 Å². The van der Waals surface area contributed by atoms with Gasteiger partial charge in [0.2, 0.25) is 10.0 Å². The number of primary sulfonamides is 1. The van der Waals surface area contributed by atoms with E-state index in [1.807, 2.05) is 0 Å². The lowest BCUT2D eigenvalue weighted by Gasteiger charge is -2.34. The maximum atomic E-state index is 12.1. The molecular formula is C12H16N2O3S. The minimum absolute atomic E-state index is 0.0321. The normalized spacial score (nSPS) is 16.1. The zero-order valence-corrected chi connectivity index (χ0v) is 11.0. The predicted octanol–water partition coefficient (Wildman–Crippen LogP) is 0.958. The van der Waals surface area contributed by atoms with Gasteiger partial charge >= 0.3 is 0 Å². The highest BCUT2D eigenvalue weighted by Gasteiger charge is 2.26. The average Bonchev–Trinajstić information content (AvgIpc) is 2.24. The van der Waals surface area contributed by atoms with Crippen LogP contribution in [0.5, 0.6) is 0 Å². The number of carbonyl (C=O) groups excluding carboxylic acids is 1. The SMILES string of the molecule is CN(C(=O)c1cccc(S(N)(=O)=O)c1)C1CCC1. The standard InChI is InChI=1S/C12H16N2O3S/c1-14(10-5-3-6-10)12(15)9-4-2-7-11(8-9)18(13,16)17/h2,4,7-8,10H,3,5-6H2,1H3,(H2,13,16,17). The number of hydrogen-bond acceptors (Lipinski definition) is 3. The molecule has 0 radical (unpaired) electrons. The third-order valence-electron chi connectivity index (χ3n) is 3.35. The van der Waals surface area contributed by atoms with Crippen molar-refractivity contribution < 1.29 is 13.2 Å². The van der Waals surface area contributed by atoms with Crippen LogP contribution >= 0.6 is 0 Å². The lowest BCUT2D eigenvalue weighted by atomic mass is 9.91. The van der Waals surface area contributed by atoms with E-state index >= 15 is 0 Å². The first-order chi connectivity index (χ1) is 8.39. The maximum Gasteiger partial charge on any atom is 0.253 e. The van der Waals surface area contributed by atoms with Crippen molar-refractivity contribution in [3.05, 3.63) is 29.8 Å². The largest absolute Gasteiger partial charge is 0.339 e. The number of hydrogen-bond donors (Lipinski definition) is 1. The van der Waals surface area contributed by atoms with Gasteiger partial charge in [-0.2, -0.15) is 0 Å². The van der Waals surface area contributed by atoms with Crippen molar-refractivity contribution in [3.63, 3.8) is 0 Å². The second kappa shape index (κ2) is 4.70. The van der Waals surface area contributed by atoms with Gasteiger partial charge in [-0.25, -0.2) is 13.6 Å². The van der Waals surface area contributed by atoms with E-state index in [1.54, 1.807) is 18.0 Å². The highest BCUT2D eigenvalue weighted by atomic mass is 32.2. The molecule has 2 N–H and O–H groups in total. The number of nitrogens with zero attached hydrogens (tertiary/aromatic N) is 1. The predicted molar refractivity (Wildman–Crippen MR) is 67.5 cm³/mol. The quantitative estimate of drug-likeness (QED) is 0.886. The Morgan fingerprint density at radius 3 is 2.56 bits per heavy atom. The highest BCUT2D eigenvalue weighted by Crippen LogP contribution is 2.25. The maximum absolute atomic E-state index is 12.1. The van der Waals surface area contributed by atoms with Crippen LogP contribution in [0.4, 0.5) is 0 Å². The van der Waals surface area contributed by atoms with Gasteiger partial charge in [-0.3, -0.25) is 4.79 Å². The molecule has 6 heteroatoms. The first-order valence-electron chi connectivity index (χ1n) is 5.79. The average molecular weight is 268 g/mol. The van der Waals surface area contributed by atoms with Crippen molar-refractivity contribution >= 4 is 15.9 Å². The molecule has 1 aromatic rings. The fourth-order valence-electron chi connectivity index (χ4n) is 1.95. The lowest BCUT2D eigenvalue weighted by Crippen LogP contribution is -2.41. The van der Waals surface area contributed by atoms with Crippen LogP contribution < -0.4 is 5.14 Å². The minimum atomic E-state index is -3.77. The summed E-state index contributed by atoms with van der Waals surface area (Å²) >= 11 is 0. The van der Waals surface area contributed by atoms with Gasteiger partial charge in [0.15, 0.2) is 0 Å². The number of amides is 1. The third-order valence-corrected chi connectivity index (χ3v) is 4.26. The monoisotopic (exact) mass is 268 g/mol. The van der Waals surface area contributed by atoms with E-state index in [2.05, 4.69) is 0 Å². The summed E-state index contributed by atoms with van der Waals surface area (Å²) in [6, 6.07) is 6.12. The fraction of sp³-hybridized carbons (Fsp3) is 0.417. The molecule has 1 aromatic carbocycles. The molecule has 0 unspecified atom stereocenters. The molecule has 18 heavy (non-hydrogen) atoms. The first-order valence-corrected chi connectivity index (χ1v) is 7.34. The van der Waals surface area contributed by atoms with Crippen LogP contribution in [0.1, 0.15) is 29.6 Å². The van der Waals surface area contributed by atoms with Gasteiger partial charge in [0.25, 0.3) is 5.91 Å². The highest BCUT2D eigenvalue weighted by molar-refractivity contribution is 7.89. The molecule has 0 atom stereocenters. The van der Waals surface area contributed by atoms with Crippen LogP contribution in [-0.2, 0) is 10.0 Å². The molecule has 1 fully saturated rings. The molecule has 1 saturated carbocycles. The second-order valence-corrected chi connectivity index (χ2v) is 6.14. The summed E-state index contributed by atoms with van der Waals surface area (Å²) in [5.74, 6) is -0.162. The summed E-state index contributed by atoms with van der Waals surface area (Å²) < 4.78 is 22.5. The molecule has 0 spiro atoms. The Labute approximate surface area is 107 Å². The van der Waals surface area contributed by atoms with Gasteiger partial charge in [-0.15, -0.1) is 0 Å². The van der Waals surface area contributed by atoms with Crippen molar-refractivity contribution in [2.75, 3.05) is 7.05 Å². The summed E-state index contributed by atoms with van der Waals surface area (Å²) in [6.45, 7) is 0. The molecule has 1 aliphatic carbocycles. The number of benzene rings is 1. The number of carbonyl (C=O) groups is 1. The van der Waals surface area contributed by atoms with Gasteiger partial charge in [-0.05, 0) is 37.5 Å². The molecule has 1 aliphatic rings. The van der Waals surface area contributed by atoms with E-state index in [4.69, 9.17) is 5.14 Å². The van der Waals surface area contributed by atoms with Crippen molar-refractivity contribution in [2.45, 2.75) is 30.2 Å². The Morgan fingerprint density at radius 2 is 2.06 bits per heavy atom.